The molecule has 0 aliphatic carbocycles. The predicted octanol–water partition coefficient (Wildman–Crippen LogP) is 3.03. The number of aromatic nitrogens is 3. The monoisotopic (exact) mass is 215 g/mol. The van der Waals surface area contributed by atoms with Gasteiger partial charge >= 0.3 is 0 Å². The SMILES string of the molecule is CC(C)C/C=C/Cn1cnc2ncccc21. The van der Waals surface area contributed by atoms with Crippen LogP contribution in [0.4, 0.5) is 0 Å². The van der Waals surface area contributed by atoms with E-state index in [0.29, 0.717) is 0 Å². The van der Waals surface area contributed by atoms with Crippen LogP contribution in [0, 0.1) is 5.92 Å². The molecular weight excluding hydrogens is 198 g/mol. The Morgan fingerprint density at radius 3 is 3.00 bits per heavy atom. The molecule has 84 valence electrons. The Morgan fingerprint density at radius 2 is 2.19 bits per heavy atom. The first-order chi connectivity index (χ1) is 7.77. The van der Waals surface area contributed by atoms with Gasteiger partial charge in [0.05, 0.1) is 11.8 Å². The zero-order chi connectivity index (χ0) is 11.4. The Hall–Kier alpha value is -1.64. The van der Waals surface area contributed by atoms with Crippen LogP contribution in [-0.4, -0.2) is 14.5 Å². The van der Waals surface area contributed by atoms with Crippen molar-refractivity contribution in [1.82, 2.24) is 14.5 Å². The van der Waals surface area contributed by atoms with Crippen LogP contribution in [0.3, 0.4) is 0 Å². The summed E-state index contributed by atoms with van der Waals surface area (Å²) < 4.78 is 2.11. The zero-order valence-corrected chi connectivity index (χ0v) is 9.80. The minimum atomic E-state index is 0.720. The molecule has 3 nitrogen and oxygen atoms in total. The largest absolute Gasteiger partial charge is 0.325 e. The molecule has 0 fully saturated rings. The number of nitrogens with zero attached hydrogens (tertiary/aromatic N) is 3. The van der Waals surface area contributed by atoms with E-state index in [1.165, 1.54) is 0 Å². The minimum absolute atomic E-state index is 0.720. The van der Waals surface area contributed by atoms with Crippen LogP contribution in [0.2, 0.25) is 0 Å². The van der Waals surface area contributed by atoms with E-state index in [9.17, 15) is 0 Å². The summed E-state index contributed by atoms with van der Waals surface area (Å²) in [4.78, 5) is 8.45. The number of rotatable bonds is 4. The average Bonchev–Trinajstić information content (AvgIpc) is 2.68. The maximum absolute atomic E-state index is 4.25. The van der Waals surface area contributed by atoms with Crippen molar-refractivity contribution in [1.29, 1.82) is 0 Å². The van der Waals surface area contributed by atoms with Crippen molar-refractivity contribution in [3.8, 4) is 0 Å². The quantitative estimate of drug-likeness (QED) is 0.734. The van der Waals surface area contributed by atoms with Gasteiger partial charge in [-0.05, 0) is 24.5 Å². The predicted molar refractivity (Wildman–Crippen MR) is 66.1 cm³/mol. The Morgan fingerprint density at radius 1 is 1.31 bits per heavy atom. The summed E-state index contributed by atoms with van der Waals surface area (Å²) in [6.45, 7) is 5.32. The molecule has 0 saturated heterocycles. The van der Waals surface area contributed by atoms with Crippen LogP contribution in [0.1, 0.15) is 20.3 Å². The van der Waals surface area contributed by atoms with Gasteiger partial charge in [0.25, 0.3) is 0 Å². The topological polar surface area (TPSA) is 30.7 Å². The first-order valence-corrected chi connectivity index (χ1v) is 5.68. The molecule has 0 aliphatic heterocycles. The molecule has 0 radical (unpaired) electrons. The smallest absolute Gasteiger partial charge is 0.177 e. The summed E-state index contributed by atoms with van der Waals surface area (Å²) in [5, 5.41) is 0. The van der Waals surface area contributed by atoms with Crippen LogP contribution in [-0.2, 0) is 6.54 Å². The Kier molecular flexibility index (Phi) is 3.34. The Bertz CT molecular complexity index is 483. The highest BCUT2D eigenvalue weighted by Gasteiger charge is 1.99. The molecule has 2 rings (SSSR count). The molecule has 3 heteroatoms. The van der Waals surface area contributed by atoms with E-state index in [1.807, 2.05) is 18.5 Å². The van der Waals surface area contributed by atoms with Crippen LogP contribution in [0.25, 0.3) is 11.2 Å². The van der Waals surface area contributed by atoms with E-state index in [0.717, 1.165) is 30.0 Å². The van der Waals surface area contributed by atoms with Crippen molar-refractivity contribution in [2.24, 2.45) is 5.92 Å². The van der Waals surface area contributed by atoms with E-state index in [2.05, 4.69) is 40.5 Å². The summed E-state index contributed by atoms with van der Waals surface area (Å²) in [6.07, 6.45) is 9.16. The molecule has 0 aliphatic rings. The lowest BCUT2D eigenvalue weighted by molar-refractivity contribution is 0.661. The van der Waals surface area contributed by atoms with E-state index >= 15 is 0 Å². The highest BCUT2D eigenvalue weighted by atomic mass is 15.1. The molecule has 2 aromatic rings. The maximum Gasteiger partial charge on any atom is 0.177 e. The number of fused-ring (bicyclic) bond motifs is 1. The van der Waals surface area contributed by atoms with Gasteiger partial charge in [-0.2, -0.15) is 0 Å². The van der Waals surface area contributed by atoms with Crippen molar-refractivity contribution >= 4 is 11.2 Å². The fourth-order valence-corrected chi connectivity index (χ4v) is 1.60. The number of hydrogen-bond acceptors (Lipinski definition) is 2. The minimum Gasteiger partial charge on any atom is -0.325 e. The zero-order valence-electron chi connectivity index (χ0n) is 9.80. The summed E-state index contributed by atoms with van der Waals surface area (Å²) in [6, 6.07) is 3.99. The third kappa shape index (κ3) is 2.48. The lowest BCUT2D eigenvalue weighted by atomic mass is 10.1. The van der Waals surface area contributed by atoms with E-state index < -0.39 is 0 Å². The molecule has 0 aromatic carbocycles. The van der Waals surface area contributed by atoms with Gasteiger partial charge in [-0.15, -0.1) is 0 Å². The van der Waals surface area contributed by atoms with Gasteiger partial charge in [-0.25, -0.2) is 9.97 Å². The number of allylic oxidation sites excluding steroid dienone is 2. The molecule has 16 heavy (non-hydrogen) atoms. The molecule has 0 bridgehead atoms. The molecular formula is C13H17N3. The third-order valence-electron chi connectivity index (χ3n) is 2.47. The Balaban J connectivity index is 2.07. The molecule has 0 N–H and O–H groups in total. The highest BCUT2D eigenvalue weighted by Crippen LogP contribution is 2.09. The fourth-order valence-electron chi connectivity index (χ4n) is 1.60. The van der Waals surface area contributed by atoms with Crippen LogP contribution >= 0.6 is 0 Å². The second-order valence-electron chi connectivity index (χ2n) is 4.34. The van der Waals surface area contributed by atoms with Crippen LogP contribution < -0.4 is 0 Å². The molecule has 0 amide bonds. The van der Waals surface area contributed by atoms with E-state index in [1.54, 1.807) is 6.20 Å². The summed E-state index contributed by atoms with van der Waals surface area (Å²) in [5.41, 5.74) is 1.91. The summed E-state index contributed by atoms with van der Waals surface area (Å²) in [5.74, 6) is 0.720. The third-order valence-corrected chi connectivity index (χ3v) is 2.47. The van der Waals surface area contributed by atoms with Crippen molar-refractivity contribution in [3.05, 3.63) is 36.8 Å². The van der Waals surface area contributed by atoms with Crippen molar-refractivity contribution < 1.29 is 0 Å². The van der Waals surface area contributed by atoms with Crippen LogP contribution in [0.15, 0.2) is 36.8 Å². The van der Waals surface area contributed by atoms with Gasteiger partial charge in [-0.1, -0.05) is 26.0 Å². The van der Waals surface area contributed by atoms with Gasteiger partial charge < -0.3 is 4.57 Å². The number of pyridine rings is 1. The second-order valence-corrected chi connectivity index (χ2v) is 4.34. The second kappa shape index (κ2) is 4.92. The van der Waals surface area contributed by atoms with Gasteiger partial charge in [-0.3, -0.25) is 0 Å². The molecule has 0 unspecified atom stereocenters. The maximum atomic E-state index is 4.25. The fraction of sp³-hybridized carbons (Fsp3) is 0.385. The van der Waals surface area contributed by atoms with Crippen LogP contribution in [0.5, 0.6) is 0 Å². The molecule has 0 saturated carbocycles. The van der Waals surface area contributed by atoms with E-state index in [-0.39, 0.29) is 0 Å². The lowest BCUT2D eigenvalue weighted by Gasteiger charge is -2.00. The van der Waals surface area contributed by atoms with E-state index in [4.69, 9.17) is 0 Å². The molecule has 0 atom stereocenters. The Labute approximate surface area is 95.8 Å². The highest BCUT2D eigenvalue weighted by molar-refractivity contribution is 5.70. The summed E-state index contributed by atoms with van der Waals surface area (Å²) >= 11 is 0. The first-order valence-electron chi connectivity index (χ1n) is 5.68. The van der Waals surface area contributed by atoms with Gasteiger partial charge in [0.1, 0.15) is 0 Å². The standard InChI is InChI=1S/C13H17N3/c1-11(2)6-3-4-9-16-10-15-13-12(16)7-5-8-14-13/h3-5,7-8,10-11H,6,9H2,1-2H3/b4-3+. The van der Waals surface area contributed by atoms with Crippen molar-refractivity contribution in [2.45, 2.75) is 26.8 Å². The number of imidazole rings is 1. The summed E-state index contributed by atoms with van der Waals surface area (Å²) in [7, 11) is 0. The average molecular weight is 215 g/mol. The van der Waals surface area contributed by atoms with Gasteiger partial charge in [0.15, 0.2) is 5.65 Å². The number of hydrogen-bond donors (Lipinski definition) is 0. The molecule has 2 aromatic heterocycles. The lowest BCUT2D eigenvalue weighted by Crippen LogP contribution is -1.93. The van der Waals surface area contributed by atoms with Crippen molar-refractivity contribution in [3.63, 3.8) is 0 Å². The van der Waals surface area contributed by atoms with Gasteiger partial charge in [0, 0.05) is 12.7 Å². The molecule has 0 spiro atoms. The molecule has 2 heterocycles. The van der Waals surface area contributed by atoms with Gasteiger partial charge in [0.2, 0.25) is 0 Å². The normalized spacial score (nSPS) is 11.9. The van der Waals surface area contributed by atoms with Crippen molar-refractivity contribution in [2.75, 3.05) is 0 Å². The first kappa shape index (κ1) is 10.9.